The highest BCUT2D eigenvalue weighted by atomic mass is 32.2. The first-order valence-electron chi connectivity index (χ1n) is 6.35. The van der Waals surface area contributed by atoms with Gasteiger partial charge in [0.05, 0.1) is 6.20 Å². The number of imidazole rings is 1. The van der Waals surface area contributed by atoms with Gasteiger partial charge in [-0.25, -0.2) is 13.4 Å². The zero-order chi connectivity index (χ0) is 13.2. The molecule has 0 unspecified atom stereocenters. The molecule has 0 atom stereocenters. The molecule has 1 aromatic rings. The first-order valence-corrected chi connectivity index (χ1v) is 7.79. The molecule has 0 amide bonds. The smallest absolute Gasteiger partial charge is 0.260 e. The van der Waals surface area contributed by atoms with Crippen LogP contribution < -0.4 is 5.73 Å². The van der Waals surface area contributed by atoms with Crippen molar-refractivity contribution < 1.29 is 8.42 Å². The molecule has 2 rings (SSSR count). The van der Waals surface area contributed by atoms with E-state index in [4.69, 9.17) is 5.73 Å². The SMILES string of the molecule is CCc1ncc(S(=O)(=O)N(CCCN)C2CC2)[nH]1. The number of hydrogen-bond acceptors (Lipinski definition) is 4. The van der Waals surface area contributed by atoms with E-state index in [0.29, 0.717) is 31.8 Å². The molecule has 0 bridgehead atoms. The van der Waals surface area contributed by atoms with E-state index < -0.39 is 10.0 Å². The van der Waals surface area contributed by atoms with Crippen molar-refractivity contribution in [2.24, 2.45) is 5.73 Å². The number of hydrogen-bond donors (Lipinski definition) is 2. The minimum atomic E-state index is -3.44. The second-order valence-corrected chi connectivity index (χ2v) is 6.40. The molecular formula is C11H20N4O2S. The molecule has 1 saturated carbocycles. The predicted molar refractivity (Wildman–Crippen MR) is 68.6 cm³/mol. The van der Waals surface area contributed by atoms with Crippen LogP contribution in [-0.4, -0.2) is 41.8 Å². The van der Waals surface area contributed by atoms with Crippen molar-refractivity contribution in [3.63, 3.8) is 0 Å². The Kier molecular flexibility index (Phi) is 4.04. The lowest BCUT2D eigenvalue weighted by atomic mass is 10.4. The minimum Gasteiger partial charge on any atom is -0.332 e. The fraction of sp³-hybridized carbons (Fsp3) is 0.727. The summed E-state index contributed by atoms with van der Waals surface area (Å²) in [5, 5.41) is 0.197. The molecular weight excluding hydrogens is 252 g/mol. The summed E-state index contributed by atoms with van der Waals surface area (Å²) in [6, 6.07) is 0.148. The molecule has 0 radical (unpaired) electrons. The second-order valence-electron chi connectivity index (χ2n) is 4.54. The van der Waals surface area contributed by atoms with Crippen LogP contribution in [0.2, 0.25) is 0 Å². The Hall–Kier alpha value is -0.920. The molecule has 102 valence electrons. The zero-order valence-electron chi connectivity index (χ0n) is 10.6. The van der Waals surface area contributed by atoms with Crippen molar-refractivity contribution in [3.8, 4) is 0 Å². The number of aromatic amines is 1. The van der Waals surface area contributed by atoms with Crippen LogP contribution in [0.5, 0.6) is 0 Å². The van der Waals surface area contributed by atoms with Gasteiger partial charge in [-0.3, -0.25) is 0 Å². The van der Waals surface area contributed by atoms with Gasteiger partial charge >= 0.3 is 0 Å². The summed E-state index contributed by atoms with van der Waals surface area (Å²) in [6.45, 7) is 2.92. The standard InChI is InChI=1S/C11H20N4O2S/c1-2-10-13-8-11(14-10)18(16,17)15(7-3-6-12)9-4-5-9/h8-9H,2-7,12H2,1H3,(H,13,14). The van der Waals surface area contributed by atoms with Crippen molar-refractivity contribution in [1.82, 2.24) is 14.3 Å². The topological polar surface area (TPSA) is 92.1 Å². The lowest BCUT2D eigenvalue weighted by Crippen LogP contribution is -2.35. The molecule has 0 saturated heterocycles. The number of H-pyrrole nitrogens is 1. The normalized spacial score (nSPS) is 16.4. The van der Waals surface area contributed by atoms with Crippen molar-refractivity contribution in [2.45, 2.75) is 43.7 Å². The number of nitrogens with one attached hydrogen (secondary N) is 1. The molecule has 3 N–H and O–H groups in total. The number of aryl methyl sites for hydroxylation is 1. The van der Waals surface area contributed by atoms with E-state index in [2.05, 4.69) is 9.97 Å². The van der Waals surface area contributed by atoms with Crippen LogP contribution >= 0.6 is 0 Å². The summed E-state index contributed by atoms with van der Waals surface area (Å²) >= 11 is 0. The lowest BCUT2D eigenvalue weighted by molar-refractivity contribution is 0.398. The predicted octanol–water partition coefficient (Wildman–Crippen LogP) is 0.474. The van der Waals surface area contributed by atoms with Gasteiger partial charge < -0.3 is 10.7 Å². The molecule has 0 aromatic carbocycles. The fourth-order valence-corrected chi connectivity index (χ4v) is 3.55. The van der Waals surface area contributed by atoms with E-state index in [1.807, 2.05) is 6.92 Å². The number of rotatable bonds is 7. The van der Waals surface area contributed by atoms with E-state index in [9.17, 15) is 8.42 Å². The zero-order valence-corrected chi connectivity index (χ0v) is 11.4. The van der Waals surface area contributed by atoms with Crippen LogP contribution in [0.3, 0.4) is 0 Å². The molecule has 7 heteroatoms. The Morgan fingerprint density at radius 3 is 2.78 bits per heavy atom. The number of sulfonamides is 1. The maximum absolute atomic E-state index is 12.5. The van der Waals surface area contributed by atoms with Crippen LogP contribution in [0.1, 0.15) is 32.0 Å². The van der Waals surface area contributed by atoms with Crippen molar-refractivity contribution in [1.29, 1.82) is 0 Å². The third kappa shape index (κ3) is 2.73. The van der Waals surface area contributed by atoms with Crippen LogP contribution in [0.4, 0.5) is 0 Å². The Balaban J connectivity index is 2.21. The van der Waals surface area contributed by atoms with Crippen molar-refractivity contribution in [3.05, 3.63) is 12.0 Å². The number of nitrogens with zero attached hydrogens (tertiary/aromatic N) is 2. The summed E-state index contributed by atoms with van der Waals surface area (Å²) in [6.07, 6.45) is 4.68. The highest BCUT2D eigenvalue weighted by molar-refractivity contribution is 7.89. The largest absolute Gasteiger partial charge is 0.332 e. The molecule has 6 nitrogen and oxygen atoms in total. The Bertz CT molecular complexity index is 493. The first-order chi connectivity index (χ1) is 8.59. The van der Waals surface area contributed by atoms with Gasteiger partial charge in [0.15, 0.2) is 5.03 Å². The van der Waals surface area contributed by atoms with E-state index in [0.717, 1.165) is 12.8 Å². The Morgan fingerprint density at radius 2 is 2.28 bits per heavy atom. The lowest BCUT2D eigenvalue weighted by Gasteiger charge is -2.20. The number of aromatic nitrogens is 2. The molecule has 1 fully saturated rings. The van der Waals surface area contributed by atoms with Gasteiger partial charge in [0.2, 0.25) is 0 Å². The van der Waals surface area contributed by atoms with Gasteiger partial charge in [-0.1, -0.05) is 6.92 Å². The Labute approximate surface area is 108 Å². The van der Waals surface area contributed by atoms with Crippen LogP contribution in [0.25, 0.3) is 0 Å². The fourth-order valence-electron chi connectivity index (χ4n) is 1.89. The summed E-state index contributed by atoms with van der Waals surface area (Å²) < 4.78 is 26.5. The third-order valence-corrected chi connectivity index (χ3v) is 4.92. The maximum atomic E-state index is 12.5. The highest BCUT2D eigenvalue weighted by Gasteiger charge is 2.38. The van der Waals surface area contributed by atoms with Gasteiger partial charge in [-0.2, -0.15) is 4.31 Å². The molecule has 1 aliphatic carbocycles. The highest BCUT2D eigenvalue weighted by Crippen LogP contribution is 2.31. The molecule has 1 aromatic heterocycles. The van der Waals surface area contributed by atoms with Gasteiger partial charge in [0, 0.05) is 19.0 Å². The Morgan fingerprint density at radius 1 is 1.56 bits per heavy atom. The monoisotopic (exact) mass is 272 g/mol. The molecule has 1 heterocycles. The minimum absolute atomic E-state index is 0.148. The molecule has 18 heavy (non-hydrogen) atoms. The van der Waals surface area contributed by atoms with Gasteiger partial charge in [-0.15, -0.1) is 0 Å². The average Bonchev–Trinajstić information content (AvgIpc) is 3.05. The maximum Gasteiger partial charge on any atom is 0.260 e. The van der Waals surface area contributed by atoms with E-state index in [1.54, 1.807) is 4.31 Å². The second kappa shape index (κ2) is 5.38. The average molecular weight is 272 g/mol. The summed E-state index contributed by atoms with van der Waals surface area (Å²) in [5.41, 5.74) is 5.46. The molecule has 0 spiro atoms. The molecule has 0 aliphatic heterocycles. The van der Waals surface area contributed by atoms with Crippen LogP contribution in [-0.2, 0) is 16.4 Å². The summed E-state index contributed by atoms with van der Waals surface area (Å²) in [7, 11) is -3.44. The number of nitrogens with two attached hydrogens (primary N) is 1. The van der Waals surface area contributed by atoms with E-state index in [-0.39, 0.29) is 11.1 Å². The van der Waals surface area contributed by atoms with Crippen molar-refractivity contribution in [2.75, 3.05) is 13.1 Å². The van der Waals surface area contributed by atoms with Gasteiger partial charge in [-0.05, 0) is 25.8 Å². The first kappa shape index (κ1) is 13.5. The molecule has 1 aliphatic rings. The van der Waals surface area contributed by atoms with Crippen LogP contribution in [0.15, 0.2) is 11.2 Å². The van der Waals surface area contributed by atoms with E-state index in [1.165, 1.54) is 6.20 Å². The summed E-state index contributed by atoms with van der Waals surface area (Å²) in [4.78, 5) is 6.93. The quantitative estimate of drug-likeness (QED) is 0.755. The van der Waals surface area contributed by atoms with Crippen LogP contribution in [0, 0.1) is 0 Å². The van der Waals surface area contributed by atoms with Gasteiger partial charge in [0.25, 0.3) is 10.0 Å². The summed E-state index contributed by atoms with van der Waals surface area (Å²) in [5.74, 6) is 0.697. The van der Waals surface area contributed by atoms with E-state index >= 15 is 0 Å². The van der Waals surface area contributed by atoms with Crippen molar-refractivity contribution >= 4 is 10.0 Å². The van der Waals surface area contributed by atoms with Gasteiger partial charge in [0.1, 0.15) is 5.82 Å². The third-order valence-electron chi connectivity index (χ3n) is 3.06.